The summed E-state index contributed by atoms with van der Waals surface area (Å²) in [7, 11) is 0. The van der Waals surface area contributed by atoms with Gasteiger partial charge in [0.2, 0.25) is 0 Å². The standard InChI is InChI=1S/C14H18Cl2F3N/c1-2-7-20-11(5-6-14(17,18)19)8-10-3-4-12(15)13(16)9-10/h3-4,9,11,20H,2,5-8H2,1H3. The van der Waals surface area contributed by atoms with Gasteiger partial charge >= 0.3 is 6.18 Å². The largest absolute Gasteiger partial charge is 0.389 e. The lowest BCUT2D eigenvalue weighted by Crippen LogP contribution is -2.33. The molecule has 1 unspecified atom stereocenters. The Morgan fingerprint density at radius 3 is 2.45 bits per heavy atom. The zero-order valence-corrected chi connectivity index (χ0v) is 12.7. The molecule has 0 aliphatic heterocycles. The van der Waals surface area contributed by atoms with Crippen molar-refractivity contribution in [2.24, 2.45) is 0 Å². The highest BCUT2D eigenvalue weighted by Crippen LogP contribution is 2.25. The maximum absolute atomic E-state index is 12.3. The van der Waals surface area contributed by atoms with E-state index in [9.17, 15) is 13.2 Å². The molecule has 0 heterocycles. The molecule has 0 fully saturated rings. The highest BCUT2D eigenvalue weighted by molar-refractivity contribution is 6.42. The molecule has 0 saturated heterocycles. The predicted molar refractivity (Wildman–Crippen MR) is 77.5 cm³/mol. The minimum atomic E-state index is -4.12. The number of nitrogens with one attached hydrogen (secondary N) is 1. The van der Waals surface area contributed by atoms with Crippen LogP contribution in [0.2, 0.25) is 10.0 Å². The Balaban J connectivity index is 2.65. The van der Waals surface area contributed by atoms with Crippen LogP contribution >= 0.6 is 23.2 Å². The third-order valence-electron chi connectivity index (χ3n) is 2.93. The first kappa shape index (κ1) is 17.6. The molecular formula is C14H18Cl2F3N. The van der Waals surface area contributed by atoms with Crippen molar-refractivity contribution >= 4 is 23.2 Å². The van der Waals surface area contributed by atoms with Crippen molar-refractivity contribution in [1.82, 2.24) is 5.32 Å². The van der Waals surface area contributed by atoms with Crippen molar-refractivity contribution in [3.8, 4) is 0 Å². The predicted octanol–water partition coefficient (Wildman–Crippen LogP) is 5.25. The number of alkyl halides is 3. The van der Waals surface area contributed by atoms with Gasteiger partial charge in [-0.3, -0.25) is 0 Å². The fraction of sp³-hybridized carbons (Fsp3) is 0.571. The molecule has 0 spiro atoms. The van der Waals surface area contributed by atoms with E-state index < -0.39 is 12.6 Å². The van der Waals surface area contributed by atoms with Gasteiger partial charge in [0.15, 0.2) is 0 Å². The van der Waals surface area contributed by atoms with Gasteiger partial charge in [-0.25, -0.2) is 0 Å². The highest BCUT2D eigenvalue weighted by Gasteiger charge is 2.28. The SMILES string of the molecule is CCCNC(CCC(F)(F)F)Cc1ccc(Cl)c(Cl)c1. The smallest absolute Gasteiger partial charge is 0.314 e. The van der Waals surface area contributed by atoms with Crippen molar-refractivity contribution in [2.45, 2.75) is 44.8 Å². The van der Waals surface area contributed by atoms with Gasteiger partial charge in [0, 0.05) is 12.5 Å². The molecule has 1 atom stereocenters. The second kappa shape index (κ2) is 8.11. The normalized spacial score (nSPS) is 13.5. The van der Waals surface area contributed by atoms with E-state index in [0.717, 1.165) is 12.0 Å². The van der Waals surface area contributed by atoms with Gasteiger partial charge in [-0.2, -0.15) is 13.2 Å². The minimum Gasteiger partial charge on any atom is -0.314 e. The van der Waals surface area contributed by atoms with Crippen molar-refractivity contribution in [3.63, 3.8) is 0 Å². The summed E-state index contributed by atoms with van der Waals surface area (Å²) in [5.41, 5.74) is 0.884. The molecule has 0 amide bonds. The average molecular weight is 328 g/mol. The van der Waals surface area contributed by atoms with E-state index in [1.54, 1.807) is 18.2 Å². The molecule has 20 heavy (non-hydrogen) atoms. The molecule has 0 radical (unpaired) electrons. The van der Waals surface area contributed by atoms with E-state index >= 15 is 0 Å². The zero-order chi connectivity index (χ0) is 15.2. The topological polar surface area (TPSA) is 12.0 Å². The van der Waals surface area contributed by atoms with Gasteiger partial charge in [-0.15, -0.1) is 0 Å². The maximum atomic E-state index is 12.3. The van der Waals surface area contributed by atoms with Crippen molar-refractivity contribution in [1.29, 1.82) is 0 Å². The van der Waals surface area contributed by atoms with Gasteiger partial charge in [-0.05, 0) is 43.5 Å². The second-order valence-electron chi connectivity index (χ2n) is 4.76. The van der Waals surface area contributed by atoms with Gasteiger partial charge < -0.3 is 5.32 Å². The molecule has 0 aliphatic carbocycles. The lowest BCUT2D eigenvalue weighted by Gasteiger charge is -2.19. The van der Waals surface area contributed by atoms with Crippen LogP contribution in [0.25, 0.3) is 0 Å². The van der Waals surface area contributed by atoms with E-state index in [0.29, 0.717) is 23.0 Å². The van der Waals surface area contributed by atoms with Crippen LogP contribution in [-0.4, -0.2) is 18.8 Å². The Labute approximate surface area is 127 Å². The van der Waals surface area contributed by atoms with E-state index in [-0.39, 0.29) is 12.5 Å². The van der Waals surface area contributed by atoms with Crippen LogP contribution in [0.1, 0.15) is 31.7 Å². The van der Waals surface area contributed by atoms with Gasteiger partial charge in [0.05, 0.1) is 10.0 Å². The summed E-state index contributed by atoms with van der Waals surface area (Å²) in [6.07, 6.45) is -3.46. The van der Waals surface area contributed by atoms with Gasteiger partial charge in [-0.1, -0.05) is 36.2 Å². The van der Waals surface area contributed by atoms with Crippen LogP contribution in [0.15, 0.2) is 18.2 Å². The summed E-state index contributed by atoms with van der Waals surface area (Å²) in [6, 6.07) is 4.95. The van der Waals surface area contributed by atoms with Crippen LogP contribution in [0.4, 0.5) is 13.2 Å². The Hall–Kier alpha value is -0.450. The van der Waals surface area contributed by atoms with Crippen LogP contribution in [0, 0.1) is 0 Å². The van der Waals surface area contributed by atoms with E-state index in [4.69, 9.17) is 23.2 Å². The molecule has 6 heteroatoms. The first-order chi connectivity index (χ1) is 9.31. The summed E-state index contributed by atoms with van der Waals surface area (Å²) in [5.74, 6) is 0. The molecular weight excluding hydrogens is 310 g/mol. The molecule has 1 nitrogen and oxygen atoms in total. The first-order valence-electron chi connectivity index (χ1n) is 6.56. The number of halogens is 5. The fourth-order valence-electron chi connectivity index (χ4n) is 1.91. The third-order valence-corrected chi connectivity index (χ3v) is 3.66. The lowest BCUT2D eigenvalue weighted by atomic mass is 10.0. The maximum Gasteiger partial charge on any atom is 0.389 e. The number of hydrogen-bond acceptors (Lipinski definition) is 1. The molecule has 114 valence electrons. The van der Waals surface area contributed by atoms with Gasteiger partial charge in [0.25, 0.3) is 0 Å². The Bertz CT molecular complexity index is 421. The molecule has 1 rings (SSSR count). The quantitative estimate of drug-likeness (QED) is 0.721. The summed E-state index contributed by atoms with van der Waals surface area (Å²) in [6.45, 7) is 2.68. The van der Waals surface area contributed by atoms with Gasteiger partial charge in [0.1, 0.15) is 0 Å². The van der Waals surface area contributed by atoms with E-state index in [1.165, 1.54) is 0 Å². The number of rotatable bonds is 7. The summed E-state index contributed by atoms with van der Waals surface area (Å²) in [5, 5.41) is 4.02. The minimum absolute atomic E-state index is 0.0593. The molecule has 0 aliphatic rings. The van der Waals surface area contributed by atoms with Crippen molar-refractivity contribution < 1.29 is 13.2 Å². The lowest BCUT2D eigenvalue weighted by molar-refractivity contribution is -0.136. The number of hydrogen-bond donors (Lipinski definition) is 1. The molecule has 0 saturated carbocycles. The Kier molecular flexibility index (Phi) is 7.13. The van der Waals surface area contributed by atoms with Crippen LogP contribution < -0.4 is 5.32 Å². The second-order valence-corrected chi connectivity index (χ2v) is 5.57. The number of benzene rings is 1. The molecule has 1 aromatic rings. The molecule has 0 aromatic heterocycles. The Morgan fingerprint density at radius 2 is 1.90 bits per heavy atom. The highest BCUT2D eigenvalue weighted by atomic mass is 35.5. The summed E-state index contributed by atoms with van der Waals surface area (Å²) >= 11 is 11.7. The van der Waals surface area contributed by atoms with Crippen LogP contribution in [-0.2, 0) is 6.42 Å². The first-order valence-corrected chi connectivity index (χ1v) is 7.31. The van der Waals surface area contributed by atoms with Crippen LogP contribution in [0.3, 0.4) is 0 Å². The van der Waals surface area contributed by atoms with E-state index in [1.807, 2.05) is 6.92 Å². The van der Waals surface area contributed by atoms with Crippen molar-refractivity contribution in [3.05, 3.63) is 33.8 Å². The summed E-state index contributed by atoms with van der Waals surface area (Å²) in [4.78, 5) is 0. The van der Waals surface area contributed by atoms with E-state index in [2.05, 4.69) is 5.32 Å². The molecule has 1 aromatic carbocycles. The Morgan fingerprint density at radius 1 is 1.20 bits per heavy atom. The van der Waals surface area contributed by atoms with Crippen LogP contribution in [0.5, 0.6) is 0 Å². The summed E-state index contributed by atoms with van der Waals surface area (Å²) < 4.78 is 37.0. The molecule has 1 N–H and O–H groups in total. The fourth-order valence-corrected chi connectivity index (χ4v) is 2.23. The molecule has 0 bridgehead atoms. The third kappa shape index (κ3) is 6.82. The zero-order valence-electron chi connectivity index (χ0n) is 11.2. The average Bonchev–Trinajstić information content (AvgIpc) is 2.36. The monoisotopic (exact) mass is 327 g/mol. The van der Waals surface area contributed by atoms with Crippen molar-refractivity contribution in [2.75, 3.05) is 6.54 Å².